The first-order valence-electron chi connectivity index (χ1n) is 5.30. The van der Waals surface area contributed by atoms with Crippen LogP contribution in [-0.4, -0.2) is 5.91 Å². The van der Waals surface area contributed by atoms with E-state index in [1.807, 2.05) is 0 Å². The maximum Gasteiger partial charge on any atom is 0.258 e. The van der Waals surface area contributed by atoms with Gasteiger partial charge in [0, 0.05) is 9.50 Å². The number of anilines is 1. The normalized spacial score (nSPS) is 10.4. The van der Waals surface area contributed by atoms with Gasteiger partial charge in [-0.05, 0) is 46.3 Å². The van der Waals surface area contributed by atoms with Crippen molar-refractivity contribution < 1.29 is 18.0 Å². The lowest BCUT2D eigenvalue weighted by Crippen LogP contribution is -2.15. The second kappa shape index (κ2) is 5.85. The molecule has 0 fully saturated rings. The fraction of sp³-hybridized carbons (Fsp3) is 0. The van der Waals surface area contributed by atoms with Crippen LogP contribution in [0.4, 0.5) is 18.9 Å². The molecule has 0 aliphatic carbocycles. The largest absolute Gasteiger partial charge is 0.321 e. The number of carbonyl (C=O) groups excluding carboxylic acids is 1. The van der Waals surface area contributed by atoms with Crippen molar-refractivity contribution in [2.45, 2.75) is 0 Å². The van der Waals surface area contributed by atoms with Crippen LogP contribution >= 0.6 is 27.5 Å². The molecule has 0 radical (unpaired) electrons. The molecule has 0 unspecified atom stereocenters. The second-order valence-corrected chi connectivity index (χ2v) is 5.09. The van der Waals surface area contributed by atoms with Crippen LogP contribution in [0.3, 0.4) is 0 Å². The first-order chi connectivity index (χ1) is 9.40. The molecule has 2 aromatic carbocycles. The van der Waals surface area contributed by atoms with Gasteiger partial charge in [0.05, 0.1) is 11.3 Å². The van der Waals surface area contributed by atoms with Crippen LogP contribution in [-0.2, 0) is 0 Å². The minimum absolute atomic E-state index is 0.284. The summed E-state index contributed by atoms with van der Waals surface area (Å²) in [6.45, 7) is 0. The van der Waals surface area contributed by atoms with Gasteiger partial charge in [-0.15, -0.1) is 0 Å². The van der Waals surface area contributed by atoms with Crippen molar-refractivity contribution in [3.05, 3.63) is 62.8 Å². The molecule has 1 amide bonds. The Hall–Kier alpha value is -1.53. The zero-order valence-electron chi connectivity index (χ0n) is 9.68. The van der Waals surface area contributed by atoms with Crippen LogP contribution < -0.4 is 5.32 Å². The van der Waals surface area contributed by atoms with Gasteiger partial charge in [0.1, 0.15) is 0 Å². The Bertz CT molecular complexity index is 694. The molecule has 0 saturated heterocycles. The van der Waals surface area contributed by atoms with Crippen LogP contribution in [0.2, 0.25) is 5.02 Å². The summed E-state index contributed by atoms with van der Waals surface area (Å²) in [6, 6.07) is 6.14. The molecule has 0 heterocycles. The molecule has 2 aromatic rings. The Morgan fingerprint density at radius 2 is 1.80 bits per heavy atom. The topological polar surface area (TPSA) is 29.1 Å². The minimum Gasteiger partial charge on any atom is -0.321 e. The highest BCUT2D eigenvalue weighted by Crippen LogP contribution is 2.27. The Labute approximate surface area is 125 Å². The van der Waals surface area contributed by atoms with Crippen LogP contribution in [0.1, 0.15) is 10.4 Å². The predicted octanol–water partition coefficient (Wildman–Crippen LogP) is 4.77. The maximum absolute atomic E-state index is 13.5. The van der Waals surface area contributed by atoms with Crippen molar-refractivity contribution in [3.63, 3.8) is 0 Å². The van der Waals surface area contributed by atoms with E-state index in [-0.39, 0.29) is 5.69 Å². The SMILES string of the molecule is O=C(Nc1cc(Cl)ccc1Br)c1ccc(F)c(F)c1F. The highest BCUT2D eigenvalue weighted by atomic mass is 79.9. The smallest absolute Gasteiger partial charge is 0.258 e. The Morgan fingerprint density at radius 3 is 2.50 bits per heavy atom. The molecule has 0 bridgehead atoms. The van der Waals surface area contributed by atoms with Crippen LogP contribution in [0.15, 0.2) is 34.8 Å². The third-order valence-corrected chi connectivity index (χ3v) is 3.38. The van der Waals surface area contributed by atoms with E-state index in [1.54, 1.807) is 12.1 Å². The fourth-order valence-corrected chi connectivity index (χ4v) is 2.00. The molecule has 0 atom stereocenters. The van der Waals surface area contributed by atoms with Crippen LogP contribution in [0.25, 0.3) is 0 Å². The first-order valence-corrected chi connectivity index (χ1v) is 6.47. The summed E-state index contributed by atoms with van der Waals surface area (Å²) in [5.74, 6) is -5.50. The minimum atomic E-state index is -1.69. The van der Waals surface area contributed by atoms with Crippen LogP contribution in [0.5, 0.6) is 0 Å². The van der Waals surface area contributed by atoms with E-state index in [2.05, 4.69) is 21.2 Å². The molecule has 2 nitrogen and oxygen atoms in total. The van der Waals surface area contributed by atoms with Gasteiger partial charge in [-0.25, -0.2) is 13.2 Å². The van der Waals surface area contributed by atoms with Crippen molar-refractivity contribution >= 4 is 39.1 Å². The number of hydrogen-bond donors (Lipinski definition) is 1. The Morgan fingerprint density at radius 1 is 1.10 bits per heavy atom. The van der Waals surface area contributed by atoms with Crippen molar-refractivity contribution in [2.24, 2.45) is 0 Å². The number of nitrogens with one attached hydrogen (secondary N) is 1. The van der Waals surface area contributed by atoms with E-state index in [0.717, 1.165) is 6.07 Å². The Kier molecular flexibility index (Phi) is 4.35. The molecule has 20 heavy (non-hydrogen) atoms. The summed E-state index contributed by atoms with van der Waals surface area (Å²) in [7, 11) is 0. The molecular weight excluding hydrogens is 358 g/mol. The van der Waals surface area contributed by atoms with Gasteiger partial charge in [-0.3, -0.25) is 4.79 Å². The predicted molar refractivity (Wildman–Crippen MR) is 73.4 cm³/mol. The lowest BCUT2D eigenvalue weighted by atomic mass is 10.1. The molecule has 7 heteroatoms. The van der Waals surface area contributed by atoms with Crippen molar-refractivity contribution in [3.8, 4) is 0 Å². The molecule has 0 saturated carbocycles. The third kappa shape index (κ3) is 2.96. The number of amides is 1. The van der Waals surface area contributed by atoms with Gasteiger partial charge < -0.3 is 5.32 Å². The number of halogens is 5. The molecule has 0 spiro atoms. The highest BCUT2D eigenvalue weighted by molar-refractivity contribution is 9.10. The quantitative estimate of drug-likeness (QED) is 0.764. The summed E-state index contributed by atoms with van der Waals surface area (Å²) in [5.41, 5.74) is -0.317. The molecule has 104 valence electrons. The summed E-state index contributed by atoms with van der Waals surface area (Å²) in [4.78, 5) is 11.9. The van der Waals surface area contributed by atoms with Crippen molar-refractivity contribution in [1.82, 2.24) is 0 Å². The van der Waals surface area contributed by atoms with Crippen LogP contribution in [0, 0.1) is 17.5 Å². The number of benzene rings is 2. The van der Waals surface area contributed by atoms with Gasteiger partial charge in [0.25, 0.3) is 5.91 Å². The van der Waals surface area contributed by atoms with E-state index < -0.39 is 28.9 Å². The average molecular weight is 365 g/mol. The number of carbonyl (C=O) groups is 1. The van der Waals surface area contributed by atoms with Crippen molar-refractivity contribution in [2.75, 3.05) is 5.32 Å². The monoisotopic (exact) mass is 363 g/mol. The first kappa shape index (κ1) is 14.9. The van der Waals surface area contributed by atoms with Gasteiger partial charge in [0.15, 0.2) is 17.5 Å². The average Bonchev–Trinajstić information content (AvgIpc) is 2.40. The molecule has 0 aromatic heterocycles. The third-order valence-electron chi connectivity index (χ3n) is 2.46. The zero-order chi connectivity index (χ0) is 14.9. The van der Waals surface area contributed by atoms with E-state index in [1.165, 1.54) is 6.07 Å². The Balaban J connectivity index is 2.33. The van der Waals surface area contributed by atoms with E-state index in [0.29, 0.717) is 15.6 Å². The fourth-order valence-electron chi connectivity index (χ4n) is 1.48. The number of rotatable bonds is 2. The lowest BCUT2D eigenvalue weighted by molar-refractivity contribution is 0.102. The molecule has 0 aliphatic rings. The van der Waals surface area contributed by atoms with E-state index >= 15 is 0 Å². The summed E-state index contributed by atoms with van der Waals surface area (Å²) in [5, 5.41) is 2.71. The maximum atomic E-state index is 13.5. The molecule has 2 rings (SSSR count). The van der Waals surface area contributed by atoms with Gasteiger partial charge in [-0.2, -0.15) is 0 Å². The summed E-state index contributed by atoms with van der Waals surface area (Å²) >= 11 is 8.94. The van der Waals surface area contributed by atoms with E-state index in [4.69, 9.17) is 11.6 Å². The zero-order valence-corrected chi connectivity index (χ0v) is 12.0. The summed E-state index contributed by atoms with van der Waals surface area (Å²) in [6.07, 6.45) is 0. The summed E-state index contributed by atoms with van der Waals surface area (Å²) < 4.78 is 39.9. The van der Waals surface area contributed by atoms with Gasteiger partial charge in [0.2, 0.25) is 0 Å². The lowest BCUT2D eigenvalue weighted by Gasteiger charge is -2.09. The van der Waals surface area contributed by atoms with Crippen molar-refractivity contribution in [1.29, 1.82) is 0 Å². The highest BCUT2D eigenvalue weighted by Gasteiger charge is 2.19. The molecule has 0 aliphatic heterocycles. The second-order valence-electron chi connectivity index (χ2n) is 3.80. The van der Waals surface area contributed by atoms with E-state index in [9.17, 15) is 18.0 Å². The molecular formula is C13H6BrClF3NO. The molecule has 1 N–H and O–H groups in total. The van der Waals surface area contributed by atoms with Gasteiger partial charge >= 0.3 is 0 Å². The number of hydrogen-bond acceptors (Lipinski definition) is 1. The van der Waals surface area contributed by atoms with Gasteiger partial charge in [-0.1, -0.05) is 11.6 Å². The standard InChI is InChI=1S/C13H6BrClF3NO/c14-8-3-1-6(15)5-10(8)19-13(20)7-2-4-9(16)12(18)11(7)17/h1-5H,(H,19,20).